The van der Waals surface area contributed by atoms with Crippen molar-refractivity contribution in [2.24, 2.45) is 0 Å². The minimum absolute atomic E-state index is 0.0111. The van der Waals surface area contributed by atoms with E-state index >= 15 is 0 Å². The van der Waals surface area contributed by atoms with Gasteiger partial charge in [-0.2, -0.15) is 0 Å². The van der Waals surface area contributed by atoms with Gasteiger partial charge in [0.25, 0.3) is 0 Å². The zero-order chi connectivity index (χ0) is 7.68. The number of fused-ring (bicyclic) bond motifs is 1. The maximum Gasteiger partial charge on any atom is 0.236 e. The molecule has 56 valence electrons. The van der Waals surface area contributed by atoms with E-state index in [4.69, 9.17) is 0 Å². The molecule has 0 spiro atoms. The van der Waals surface area contributed by atoms with E-state index in [2.05, 4.69) is 15.3 Å². The van der Waals surface area contributed by atoms with Crippen molar-refractivity contribution in [3.05, 3.63) is 12.4 Å². The molecule has 1 aromatic heterocycles. The summed E-state index contributed by atoms with van der Waals surface area (Å²) in [6, 6.07) is 0. The predicted octanol–water partition coefficient (Wildman–Crippen LogP) is 0.521. The molecule has 0 saturated heterocycles. The molecule has 5 heteroatoms. The fraction of sp³-hybridized carbons (Fsp3) is 0.167. The van der Waals surface area contributed by atoms with Crippen molar-refractivity contribution in [3.8, 4) is 0 Å². The number of nitrogens with one attached hydrogen (secondary N) is 1. The number of carbonyl (C=O) groups excluding carboxylic acids is 1. The standard InChI is InChI=1S/C6H5N3OS/c10-4-3-11-6-5(9-4)7-1-2-8-6/h1-2H,3H2,(H,7,9,10). The summed E-state index contributed by atoms with van der Waals surface area (Å²) in [5.74, 6) is 1.00. The van der Waals surface area contributed by atoms with Crippen molar-refractivity contribution in [1.29, 1.82) is 0 Å². The summed E-state index contributed by atoms with van der Waals surface area (Å²) in [4.78, 5) is 18.8. The van der Waals surface area contributed by atoms with Gasteiger partial charge in [0.1, 0.15) is 5.03 Å². The Hall–Kier alpha value is -1.10. The molecule has 2 rings (SSSR count). The van der Waals surface area contributed by atoms with Crippen LogP contribution in [0.5, 0.6) is 0 Å². The molecule has 11 heavy (non-hydrogen) atoms. The second kappa shape index (κ2) is 2.50. The average molecular weight is 167 g/mol. The van der Waals surface area contributed by atoms with Crippen molar-refractivity contribution in [1.82, 2.24) is 9.97 Å². The van der Waals surface area contributed by atoms with Crippen LogP contribution in [0.4, 0.5) is 5.82 Å². The Bertz CT molecular complexity index is 302. The maximum absolute atomic E-state index is 10.8. The number of aromatic nitrogens is 2. The van der Waals surface area contributed by atoms with Crippen LogP contribution in [0.15, 0.2) is 17.4 Å². The highest BCUT2D eigenvalue weighted by atomic mass is 32.2. The third-order valence-electron chi connectivity index (χ3n) is 1.26. The molecule has 0 atom stereocenters. The number of nitrogens with zero attached hydrogens (tertiary/aromatic N) is 2. The molecule has 0 fully saturated rings. The number of anilines is 1. The zero-order valence-corrected chi connectivity index (χ0v) is 6.39. The van der Waals surface area contributed by atoms with E-state index in [1.807, 2.05) is 0 Å². The van der Waals surface area contributed by atoms with Crippen molar-refractivity contribution < 1.29 is 4.79 Å². The van der Waals surface area contributed by atoms with E-state index < -0.39 is 0 Å². The number of carbonyl (C=O) groups is 1. The molecule has 0 aliphatic carbocycles. The van der Waals surface area contributed by atoms with E-state index in [1.165, 1.54) is 11.8 Å². The van der Waals surface area contributed by atoms with Crippen molar-refractivity contribution >= 4 is 23.5 Å². The molecular formula is C6H5N3OS. The lowest BCUT2D eigenvalue weighted by Gasteiger charge is -2.12. The predicted molar refractivity (Wildman–Crippen MR) is 41.4 cm³/mol. The Kier molecular flexibility index (Phi) is 1.50. The Balaban J connectivity index is 2.41. The lowest BCUT2D eigenvalue weighted by Crippen LogP contribution is -2.20. The van der Waals surface area contributed by atoms with E-state index in [0.717, 1.165) is 5.03 Å². The first-order valence-corrected chi connectivity index (χ1v) is 4.08. The van der Waals surface area contributed by atoms with Crippen LogP contribution >= 0.6 is 11.8 Å². The molecular weight excluding hydrogens is 162 g/mol. The lowest BCUT2D eigenvalue weighted by atomic mass is 10.6. The summed E-state index contributed by atoms with van der Waals surface area (Å²) in [5.41, 5.74) is 0. The lowest BCUT2D eigenvalue weighted by molar-refractivity contribution is -0.113. The van der Waals surface area contributed by atoms with Crippen LogP contribution in [0.1, 0.15) is 0 Å². The van der Waals surface area contributed by atoms with Gasteiger partial charge in [-0.25, -0.2) is 9.97 Å². The molecule has 0 bridgehead atoms. The van der Waals surface area contributed by atoms with Gasteiger partial charge in [-0.1, -0.05) is 11.8 Å². The van der Waals surface area contributed by atoms with Crippen LogP contribution in [0.2, 0.25) is 0 Å². The molecule has 1 aliphatic rings. The van der Waals surface area contributed by atoms with Crippen LogP contribution in [-0.2, 0) is 4.79 Å². The van der Waals surface area contributed by atoms with Crippen LogP contribution < -0.4 is 5.32 Å². The smallest absolute Gasteiger partial charge is 0.236 e. The fourth-order valence-electron chi connectivity index (χ4n) is 0.819. The number of hydrogen-bond acceptors (Lipinski definition) is 4. The summed E-state index contributed by atoms with van der Waals surface area (Å²) in [5, 5.41) is 3.42. The monoisotopic (exact) mass is 167 g/mol. The highest BCUT2D eigenvalue weighted by Crippen LogP contribution is 2.25. The fourth-order valence-corrected chi connectivity index (χ4v) is 1.53. The highest BCUT2D eigenvalue weighted by Gasteiger charge is 2.16. The summed E-state index contributed by atoms with van der Waals surface area (Å²) < 4.78 is 0. The van der Waals surface area contributed by atoms with Gasteiger partial charge in [-0.05, 0) is 0 Å². The summed E-state index contributed by atoms with van der Waals surface area (Å²) >= 11 is 1.41. The van der Waals surface area contributed by atoms with Crippen LogP contribution in [-0.4, -0.2) is 21.6 Å². The molecule has 0 aromatic carbocycles. The summed E-state index contributed by atoms with van der Waals surface area (Å²) in [6.45, 7) is 0. The first-order chi connectivity index (χ1) is 5.36. The first-order valence-electron chi connectivity index (χ1n) is 3.10. The molecule has 0 saturated carbocycles. The number of hydrogen-bond donors (Lipinski definition) is 1. The SMILES string of the molecule is O=C1CSc2nccnc2N1. The van der Waals surface area contributed by atoms with Crippen molar-refractivity contribution in [3.63, 3.8) is 0 Å². The van der Waals surface area contributed by atoms with E-state index in [9.17, 15) is 4.79 Å². The second-order valence-corrected chi connectivity index (χ2v) is 3.01. The van der Waals surface area contributed by atoms with Gasteiger partial charge in [-0.15, -0.1) is 0 Å². The third kappa shape index (κ3) is 1.19. The molecule has 1 aliphatic heterocycles. The second-order valence-electron chi connectivity index (χ2n) is 2.05. The van der Waals surface area contributed by atoms with Gasteiger partial charge in [-0.3, -0.25) is 4.79 Å². The molecule has 2 heterocycles. The topological polar surface area (TPSA) is 54.9 Å². The van der Waals surface area contributed by atoms with Gasteiger partial charge >= 0.3 is 0 Å². The van der Waals surface area contributed by atoms with Gasteiger partial charge < -0.3 is 5.32 Å². The van der Waals surface area contributed by atoms with E-state index in [0.29, 0.717) is 11.6 Å². The highest BCUT2D eigenvalue weighted by molar-refractivity contribution is 8.00. The molecule has 1 N–H and O–H groups in total. The van der Waals surface area contributed by atoms with Gasteiger partial charge in [0, 0.05) is 12.4 Å². The number of amides is 1. The Labute approximate surface area is 67.4 Å². The van der Waals surface area contributed by atoms with Crippen molar-refractivity contribution in [2.45, 2.75) is 5.03 Å². The Morgan fingerprint density at radius 1 is 1.45 bits per heavy atom. The molecule has 0 radical (unpaired) electrons. The van der Waals surface area contributed by atoms with Gasteiger partial charge in [0.05, 0.1) is 5.75 Å². The van der Waals surface area contributed by atoms with E-state index in [1.54, 1.807) is 12.4 Å². The van der Waals surface area contributed by atoms with E-state index in [-0.39, 0.29) is 5.91 Å². The van der Waals surface area contributed by atoms with Crippen molar-refractivity contribution in [2.75, 3.05) is 11.1 Å². The zero-order valence-electron chi connectivity index (χ0n) is 5.57. The normalized spacial score (nSPS) is 15.5. The third-order valence-corrected chi connectivity index (χ3v) is 2.24. The Morgan fingerprint density at radius 2 is 2.27 bits per heavy atom. The van der Waals surface area contributed by atoms with Gasteiger partial charge in [0.2, 0.25) is 5.91 Å². The Morgan fingerprint density at radius 3 is 3.18 bits per heavy atom. The number of rotatable bonds is 0. The largest absolute Gasteiger partial charge is 0.308 e. The quantitative estimate of drug-likeness (QED) is 0.612. The molecule has 4 nitrogen and oxygen atoms in total. The number of thioether (sulfide) groups is 1. The summed E-state index contributed by atoms with van der Waals surface area (Å²) in [7, 11) is 0. The maximum atomic E-state index is 10.8. The van der Waals surface area contributed by atoms with Crippen LogP contribution in [0, 0.1) is 0 Å². The van der Waals surface area contributed by atoms with Gasteiger partial charge in [0.15, 0.2) is 5.82 Å². The minimum Gasteiger partial charge on any atom is -0.308 e. The summed E-state index contributed by atoms with van der Waals surface area (Å²) in [6.07, 6.45) is 3.17. The molecule has 1 amide bonds. The molecule has 0 unspecified atom stereocenters. The van der Waals surface area contributed by atoms with Crippen LogP contribution in [0.3, 0.4) is 0 Å². The van der Waals surface area contributed by atoms with Crippen LogP contribution in [0.25, 0.3) is 0 Å². The minimum atomic E-state index is -0.0111. The first kappa shape index (κ1) is 6.60. The average Bonchev–Trinajstić information content (AvgIpc) is 2.04. The molecule has 1 aromatic rings.